The molecular weight excluding hydrogens is 288 g/mol. The Morgan fingerprint density at radius 3 is 2.57 bits per heavy atom. The van der Waals surface area contributed by atoms with Crippen LogP contribution in [-0.2, 0) is 6.42 Å². The summed E-state index contributed by atoms with van der Waals surface area (Å²) in [4.78, 5) is 15.6. The van der Waals surface area contributed by atoms with Crippen LogP contribution in [-0.4, -0.2) is 22.6 Å². The molecule has 3 rings (SSSR count). The summed E-state index contributed by atoms with van der Waals surface area (Å²) in [5, 5.41) is 12.9. The molecule has 1 amide bonds. The minimum Gasteiger partial charge on any atom is -0.396 e. The van der Waals surface area contributed by atoms with Crippen LogP contribution in [0.25, 0.3) is 10.9 Å². The molecule has 3 N–H and O–H groups in total. The van der Waals surface area contributed by atoms with Gasteiger partial charge >= 0.3 is 0 Å². The first-order valence-electron chi connectivity index (χ1n) is 7.68. The summed E-state index contributed by atoms with van der Waals surface area (Å²) in [6, 6.07) is 13.6. The topological polar surface area (TPSA) is 65.1 Å². The fourth-order valence-electron chi connectivity index (χ4n) is 2.80. The van der Waals surface area contributed by atoms with E-state index in [2.05, 4.69) is 16.4 Å². The number of amides is 1. The van der Waals surface area contributed by atoms with Crippen LogP contribution >= 0.6 is 0 Å². The molecule has 0 aliphatic carbocycles. The Balaban J connectivity index is 1.81. The number of rotatable bonds is 4. The molecule has 4 nitrogen and oxygen atoms in total. The van der Waals surface area contributed by atoms with Crippen molar-refractivity contribution in [3.05, 3.63) is 64.8 Å². The van der Waals surface area contributed by atoms with Gasteiger partial charge in [0.25, 0.3) is 5.91 Å². The number of carbonyl (C=O) groups excluding carboxylic acids is 1. The van der Waals surface area contributed by atoms with Crippen molar-refractivity contribution in [2.24, 2.45) is 0 Å². The third-order valence-corrected chi connectivity index (χ3v) is 3.95. The van der Waals surface area contributed by atoms with Gasteiger partial charge in [-0.3, -0.25) is 4.79 Å². The molecule has 2 aromatic carbocycles. The molecule has 0 spiro atoms. The van der Waals surface area contributed by atoms with Gasteiger partial charge in [-0.2, -0.15) is 0 Å². The lowest BCUT2D eigenvalue weighted by atomic mass is 10.1. The van der Waals surface area contributed by atoms with Crippen molar-refractivity contribution in [2.45, 2.75) is 20.3 Å². The van der Waals surface area contributed by atoms with E-state index in [1.807, 2.05) is 50.2 Å². The normalized spacial score (nSPS) is 10.9. The number of aliphatic hydroxyl groups excluding tert-OH is 1. The number of aromatic nitrogens is 1. The Hall–Kier alpha value is -2.59. The monoisotopic (exact) mass is 308 g/mol. The van der Waals surface area contributed by atoms with Gasteiger partial charge in [0.1, 0.15) is 5.69 Å². The average Bonchev–Trinajstić information content (AvgIpc) is 2.94. The molecule has 0 atom stereocenters. The zero-order valence-electron chi connectivity index (χ0n) is 13.3. The molecule has 0 fully saturated rings. The third-order valence-electron chi connectivity index (χ3n) is 3.95. The van der Waals surface area contributed by atoms with Gasteiger partial charge < -0.3 is 15.4 Å². The van der Waals surface area contributed by atoms with Crippen LogP contribution in [0.2, 0.25) is 0 Å². The number of H-pyrrole nitrogens is 1. The fraction of sp³-hybridized carbons (Fsp3) is 0.211. The molecule has 0 saturated carbocycles. The Labute approximate surface area is 135 Å². The predicted molar refractivity (Wildman–Crippen MR) is 93.0 cm³/mol. The van der Waals surface area contributed by atoms with Crippen LogP contribution in [0.5, 0.6) is 0 Å². The highest BCUT2D eigenvalue weighted by Gasteiger charge is 2.11. The SMILES string of the molecule is Cc1cc(C)c2cc(C(=O)Nc3ccc(CCO)cc3)[nH]c2c1. The van der Waals surface area contributed by atoms with Gasteiger partial charge in [0.2, 0.25) is 0 Å². The summed E-state index contributed by atoms with van der Waals surface area (Å²) >= 11 is 0. The molecule has 0 aliphatic heterocycles. The first-order valence-corrected chi connectivity index (χ1v) is 7.68. The summed E-state index contributed by atoms with van der Waals surface area (Å²) < 4.78 is 0. The highest BCUT2D eigenvalue weighted by molar-refractivity contribution is 6.06. The number of aryl methyl sites for hydroxylation is 2. The molecular formula is C19H20N2O2. The molecule has 1 aromatic heterocycles. The van der Waals surface area contributed by atoms with E-state index in [1.165, 1.54) is 5.56 Å². The second-order valence-corrected chi connectivity index (χ2v) is 5.85. The van der Waals surface area contributed by atoms with Gasteiger partial charge in [-0.25, -0.2) is 0 Å². The lowest BCUT2D eigenvalue weighted by molar-refractivity contribution is 0.102. The molecule has 0 radical (unpaired) electrons. The zero-order chi connectivity index (χ0) is 16.4. The van der Waals surface area contributed by atoms with Crippen molar-refractivity contribution < 1.29 is 9.90 Å². The van der Waals surface area contributed by atoms with Crippen molar-refractivity contribution in [1.29, 1.82) is 0 Å². The number of nitrogens with one attached hydrogen (secondary N) is 2. The van der Waals surface area contributed by atoms with Crippen LogP contribution in [0.1, 0.15) is 27.2 Å². The number of fused-ring (bicyclic) bond motifs is 1. The first-order chi connectivity index (χ1) is 11.1. The Morgan fingerprint density at radius 2 is 1.87 bits per heavy atom. The quantitative estimate of drug-likeness (QED) is 0.690. The second kappa shape index (κ2) is 6.26. The Bertz CT molecular complexity index is 848. The van der Waals surface area contributed by atoms with Gasteiger partial charge in [-0.05, 0) is 61.2 Å². The van der Waals surface area contributed by atoms with Crippen molar-refractivity contribution >= 4 is 22.5 Å². The Kier molecular flexibility index (Phi) is 4.17. The van der Waals surface area contributed by atoms with E-state index in [0.717, 1.165) is 27.7 Å². The lowest BCUT2D eigenvalue weighted by Gasteiger charge is -2.05. The number of anilines is 1. The molecule has 0 aliphatic rings. The zero-order valence-corrected chi connectivity index (χ0v) is 13.3. The largest absolute Gasteiger partial charge is 0.396 e. The molecule has 0 unspecified atom stereocenters. The smallest absolute Gasteiger partial charge is 0.272 e. The maximum absolute atomic E-state index is 12.4. The van der Waals surface area contributed by atoms with Gasteiger partial charge in [-0.1, -0.05) is 18.2 Å². The number of benzene rings is 2. The summed E-state index contributed by atoms with van der Waals surface area (Å²) in [7, 11) is 0. The number of aliphatic hydroxyl groups is 1. The minimum absolute atomic E-state index is 0.125. The molecule has 0 saturated heterocycles. The van der Waals surface area contributed by atoms with Gasteiger partial charge in [0.15, 0.2) is 0 Å². The van der Waals surface area contributed by atoms with E-state index < -0.39 is 0 Å². The van der Waals surface area contributed by atoms with Gasteiger partial charge in [0, 0.05) is 23.2 Å². The van der Waals surface area contributed by atoms with Crippen molar-refractivity contribution in [3.63, 3.8) is 0 Å². The summed E-state index contributed by atoms with van der Waals surface area (Å²) in [5.41, 5.74) is 5.64. The number of hydrogen-bond acceptors (Lipinski definition) is 2. The second-order valence-electron chi connectivity index (χ2n) is 5.85. The molecule has 4 heteroatoms. The standard InChI is InChI=1S/C19H20N2O2/c1-12-9-13(2)16-11-18(21-17(16)10-12)19(23)20-15-5-3-14(4-6-15)7-8-22/h3-6,9-11,21-22H,7-8H2,1-2H3,(H,20,23). The Morgan fingerprint density at radius 1 is 1.13 bits per heavy atom. The first kappa shape index (κ1) is 15.3. The van der Waals surface area contributed by atoms with E-state index in [9.17, 15) is 4.79 Å². The third kappa shape index (κ3) is 3.27. The van der Waals surface area contributed by atoms with Crippen LogP contribution in [0.15, 0.2) is 42.5 Å². The lowest BCUT2D eigenvalue weighted by Crippen LogP contribution is -2.12. The minimum atomic E-state index is -0.159. The molecule has 3 aromatic rings. The predicted octanol–water partition coefficient (Wildman–Crippen LogP) is 3.57. The van der Waals surface area contributed by atoms with Crippen molar-refractivity contribution in [1.82, 2.24) is 4.98 Å². The average molecular weight is 308 g/mol. The maximum Gasteiger partial charge on any atom is 0.272 e. The molecule has 118 valence electrons. The van der Waals surface area contributed by atoms with Crippen LogP contribution in [0.4, 0.5) is 5.69 Å². The molecule has 1 heterocycles. The highest BCUT2D eigenvalue weighted by Crippen LogP contribution is 2.22. The van der Waals surface area contributed by atoms with E-state index in [-0.39, 0.29) is 12.5 Å². The summed E-state index contributed by atoms with van der Waals surface area (Å²) in [5.74, 6) is -0.159. The molecule has 0 bridgehead atoms. The summed E-state index contributed by atoms with van der Waals surface area (Å²) in [6.45, 7) is 4.21. The number of aromatic amines is 1. The van der Waals surface area contributed by atoms with Crippen LogP contribution in [0.3, 0.4) is 0 Å². The molecule has 23 heavy (non-hydrogen) atoms. The van der Waals surface area contributed by atoms with Gasteiger partial charge in [-0.15, -0.1) is 0 Å². The maximum atomic E-state index is 12.4. The van der Waals surface area contributed by atoms with Crippen LogP contribution in [0, 0.1) is 13.8 Å². The fourth-order valence-corrected chi connectivity index (χ4v) is 2.80. The van der Waals surface area contributed by atoms with E-state index in [1.54, 1.807) is 0 Å². The number of hydrogen-bond donors (Lipinski definition) is 3. The van der Waals surface area contributed by atoms with Gasteiger partial charge in [0.05, 0.1) is 0 Å². The summed E-state index contributed by atoms with van der Waals surface area (Å²) in [6.07, 6.45) is 0.620. The van der Waals surface area contributed by atoms with Crippen molar-refractivity contribution in [2.75, 3.05) is 11.9 Å². The highest BCUT2D eigenvalue weighted by atomic mass is 16.2. The van der Waals surface area contributed by atoms with E-state index >= 15 is 0 Å². The number of carbonyl (C=O) groups is 1. The van der Waals surface area contributed by atoms with E-state index in [4.69, 9.17) is 5.11 Å². The van der Waals surface area contributed by atoms with Crippen molar-refractivity contribution in [3.8, 4) is 0 Å². The van der Waals surface area contributed by atoms with E-state index in [0.29, 0.717) is 12.1 Å². The van der Waals surface area contributed by atoms with Crippen LogP contribution < -0.4 is 5.32 Å².